The number of anilines is 1. The van der Waals surface area contributed by atoms with E-state index in [-0.39, 0.29) is 12.1 Å². The van der Waals surface area contributed by atoms with Crippen LogP contribution in [0.4, 0.5) is 10.6 Å². The van der Waals surface area contributed by atoms with Crippen LogP contribution in [0.1, 0.15) is 37.3 Å². The van der Waals surface area contributed by atoms with Crippen molar-refractivity contribution in [2.75, 3.05) is 25.0 Å². The van der Waals surface area contributed by atoms with Crippen molar-refractivity contribution in [2.24, 2.45) is 5.92 Å². The predicted octanol–water partition coefficient (Wildman–Crippen LogP) is 2.60. The molecule has 1 unspecified atom stereocenters. The third-order valence-corrected chi connectivity index (χ3v) is 4.53. The molecule has 1 atom stereocenters. The first-order valence-electron chi connectivity index (χ1n) is 7.94. The van der Waals surface area contributed by atoms with E-state index >= 15 is 0 Å². The number of nitrogens with zero attached hydrogens (tertiary/aromatic N) is 2. The van der Waals surface area contributed by atoms with Gasteiger partial charge in [-0.05, 0) is 43.7 Å². The van der Waals surface area contributed by atoms with Crippen LogP contribution in [0.2, 0.25) is 0 Å². The van der Waals surface area contributed by atoms with Crippen molar-refractivity contribution < 1.29 is 9.53 Å². The average molecular weight is 287 g/mol. The fourth-order valence-electron chi connectivity index (χ4n) is 2.93. The minimum Gasteiger partial charge on any atom is -0.374 e. The molecular weight excluding hydrogens is 266 g/mol. The van der Waals surface area contributed by atoms with Crippen molar-refractivity contribution in [3.8, 4) is 0 Å². The molecule has 2 aliphatic carbocycles. The highest BCUT2D eigenvalue weighted by atomic mass is 16.5. The molecule has 0 aromatic carbocycles. The second kappa shape index (κ2) is 5.30. The van der Waals surface area contributed by atoms with Crippen LogP contribution >= 0.6 is 0 Å². The van der Waals surface area contributed by atoms with E-state index in [0.717, 1.165) is 5.69 Å². The monoisotopic (exact) mass is 287 g/mol. The van der Waals surface area contributed by atoms with Gasteiger partial charge < -0.3 is 9.64 Å². The molecule has 2 saturated carbocycles. The lowest BCUT2D eigenvalue weighted by Gasteiger charge is -2.33. The summed E-state index contributed by atoms with van der Waals surface area (Å²) in [4.78, 5) is 18.8. The zero-order valence-corrected chi connectivity index (χ0v) is 12.1. The predicted molar refractivity (Wildman–Crippen MR) is 79.3 cm³/mol. The van der Waals surface area contributed by atoms with Gasteiger partial charge in [-0.2, -0.15) is 0 Å². The van der Waals surface area contributed by atoms with Crippen LogP contribution in [-0.4, -0.2) is 41.7 Å². The van der Waals surface area contributed by atoms with E-state index in [1.807, 2.05) is 23.1 Å². The summed E-state index contributed by atoms with van der Waals surface area (Å²) in [5.74, 6) is 1.93. The van der Waals surface area contributed by atoms with Crippen LogP contribution in [0.3, 0.4) is 0 Å². The normalized spacial score (nSPS) is 25.7. The van der Waals surface area contributed by atoms with Crippen LogP contribution in [0, 0.1) is 5.92 Å². The minimum atomic E-state index is -0.0515. The number of morpholine rings is 1. The smallest absolute Gasteiger partial charge is 0.323 e. The maximum absolute atomic E-state index is 12.4. The van der Waals surface area contributed by atoms with E-state index in [9.17, 15) is 4.79 Å². The van der Waals surface area contributed by atoms with Crippen molar-refractivity contribution in [3.05, 3.63) is 23.9 Å². The number of carbonyl (C=O) groups is 1. The van der Waals surface area contributed by atoms with Gasteiger partial charge in [0.25, 0.3) is 0 Å². The zero-order valence-electron chi connectivity index (χ0n) is 12.1. The van der Waals surface area contributed by atoms with Gasteiger partial charge in [0.05, 0.1) is 12.7 Å². The first-order valence-corrected chi connectivity index (χ1v) is 7.94. The fourth-order valence-corrected chi connectivity index (χ4v) is 2.93. The van der Waals surface area contributed by atoms with Crippen molar-refractivity contribution in [3.63, 3.8) is 0 Å². The Morgan fingerprint density at radius 3 is 2.90 bits per heavy atom. The number of urea groups is 1. The van der Waals surface area contributed by atoms with Gasteiger partial charge in [-0.3, -0.25) is 5.32 Å². The summed E-state index contributed by atoms with van der Waals surface area (Å²) in [6, 6.07) is 5.83. The Bertz CT molecular complexity index is 540. The molecule has 5 heteroatoms. The molecule has 0 radical (unpaired) electrons. The largest absolute Gasteiger partial charge is 0.374 e. The van der Waals surface area contributed by atoms with Gasteiger partial charge in [-0.1, -0.05) is 6.07 Å². The molecule has 1 aliphatic heterocycles. The van der Waals surface area contributed by atoms with E-state index in [1.54, 1.807) is 0 Å². The first kappa shape index (κ1) is 13.1. The molecule has 1 aromatic rings. The second-order valence-electron chi connectivity index (χ2n) is 6.34. The van der Waals surface area contributed by atoms with Crippen molar-refractivity contribution in [1.29, 1.82) is 0 Å². The van der Waals surface area contributed by atoms with Crippen molar-refractivity contribution in [2.45, 2.75) is 37.7 Å². The van der Waals surface area contributed by atoms with Gasteiger partial charge in [0.2, 0.25) is 0 Å². The standard InChI is InChI=1S/C16H21N3O2/c20-16(19-8-9-21-14(10-19)12-6-7-12)18-15-3-1-2-13(17-15)11-4-5-11/h1-3,11-12,14H,4-10H2,(H,17,18,20). The number of hydrogen-bond acceptors (Lipinski definition) is 3. The Labute approximate surface area is 124 Å². The van der Waals surface area contributed by atoms with Gasteiger partial charge in [0.15, 0.2) is 0 Å². The summed E-state index contributed by atoms with van der Waals surface area (Å²) in [6.45, 7) is 2.01. The van der Waals surface area contributed by atoms with Crippen LogP contribution < -0.4 is 5.32 Å². The second-order valence-corrected chi connectivity index (χ2v) is 6.34. The highest BCUT2D eigenvalue weighted by molar-refractivity contribution is 5.88. The Morgan fingerprint density at radius 1 is 1.29 bits per heavy atom. The third-order valence-electron chi connectivity index (χ3n) is 4.53. The lowest BCUT2D eigenvalue weighted by molar-refractivity contribution is -0.0234. The number of carbonyl (C=O) groups excluding carboxylic acids is 1. The fraction of sp³-hybridized carbons (Fsp3) is 0.625. The summed E-state index contributed by atoms with van der Waals surface area (Å²) in [5, 5.41) is 2.93. The maximum Gasteiger partial charge on any atom is 0.323 e. The Morgan fingerprint density at radius 2 is 2.14 bits per heavy atom. The highest BCUT2D eigenvalue weighted by Gasteiger charge is 2.36. The summed E-state index contributed by atoms with van der Waals surface area (Å²) in [7, 11) is 0. The van der Waals surface area contributed by atoms with Crippen LogP contribution in [-0.2, 0) is 4.74 Å². The number of ether oxygens (including phenoxy) is 1. The lowest BCUT2D eigenvalue weighted by atomic mass is 10.2. The molecule has 3 aliphatic rings. The SMILES string of the molecule is O=C(Nc1cccc(C2CC2)n1)N1CCOC(C2CC2)C1. The summed E-state index contributed by atoms with van der Waals surface area (Å²) in [5.41, 5.74) is 1.10. The van der Waals surface area contributed by atoms with Gasteiger partial charge in [0.1, 0.15) is 5.82 Å². The zero-order chi connectivity index (χ0) is 14.2. The van der Waals surface area contributed by atoms with E-state index in [2.05, 4.69) is 10.3 Å². The Balaban J connectivity index is 1.39. The molecule has 2 heterocycles. The molecule has 1 N–H and O–H groups in total. The molecule has 0 spiro atoms. The summed E-state index contributed by atoms with van der Waals surface area (Å²) < 4.78 is 5.75. The Kier molecular flexibility index (Phi) is 3.30. The molecule has 112 valence electrons. The quantitative estimate of drug-likeness (QED) is 0.929. The summed E-state index contributed by atoms with van der Waals surface area (Å²) in [6.07, 6.45) is 5.15. The van der Waals surface area contributed by atoms with Gasteiger partial charge in [-0.15, -0.1) is 0 Å². The minimum absolute atomic E-state index is 0.0515. The topological polar surface area (TPSA) is 54.5 Å². The van der Waals surface area contributed by atoms with E-state index in [0.29, 0.717) is 37.4 Å². The van der Waals surface area contributed by atoms with Crippen molar-refractivity contribution in [1.82, 2.24) is 9.88 Å². The third kappa shape index (κ3) is 3.02. The highest BCUT2D eigenvalue weighted by Crippen LogP contribution is 2.39. The van der Waals surface area contributed by atoms with Crippen LogP contribution in [0.15, 0.2) is 18.2 Å². The van der Waals surface area contributed by atoms with E-state index in [1.165, 1.54) is 25.7 Å². The lowest BCUT2D eigenvalue weighted by Crippen LogP contribution is -2.48. The number of nitrogens with one attached hydrogen (secondary N) is 1. The molecular formula is C16H21N3O2. The Hall–Kier alpha value is -1.62. The molecule has 1 aromatic heterocycles. The van der Waals surface area contributed by atoms with Crippen LogP contribution in [0.25, 0.3) is 0 Å². The van der Waals surface area contributed by atoms with E-state index < -0.39 is 0 Å². The number of amides is 2. The molecule has 1 saturated heterocycles. The number of hydrogen-bond donors (Lipinski definition) is 1. The van der Waals surface area contributed by atoms with E-state index in [4.69, 9.17) is 4.74 Å². The van der Waals surface area contributed by atoms with Crippen LogP contribution in [0.5, 0.6) is 0 Å². The summed E-state index contributed by atoms with van der Waals surface area (Å²) >= 11 is 0. The van der Waals surface area contributed by atoms with Gasteiger partial charge >= 0.3 is 6.03 Å². The number of pyridine rings is 1. The number of rotatable bonds is 3. The van der Waals surface area contributed by atoms with Gasteiger partial charge in [-0.25, -0.2) is 9.78 Å². The molecule has 4 rings (SSSR count). The van der Waals surface area contributed by atoms with Crippen molar-refractivity contribution >= 4 is 11.8 Å². The van der Waals surface area contributed by atoms with Gasteiger partial charge in [0, 0.05) is 24.7 Å². The molecule has 3 fully saturated rings. The molecule has 5 nitrogen and oxygen atoms in total. The average Bonchev–Trinajstić information content (AvgIpc) is 3.41. The first-order chi connectivity index (χ1) is 10.3. The molecule has 21 heavy (non-hydrogen) atoms. The molecule has 2 amide bonds. The number of aromatic nitrogens is 1. The maximum atomic E-state index is 12.4. The molecule has 0 bridgehead atoms.